The maximum Gasteiger partial charge on any atom is 0.333 e. The molecule has 13 heteroatoms. The van der Waals surface area contributed by atoms with E-state index in [-0.39, 0.29) is 0 Å². The Kier molecular flexibility index (Phi) is 5.41. The lowest BCUT2D eigenvalue weighted by atomic mass is 10.1. The van der Waals surface area contributed by atoms with Gasteiger partial charge in [0.2, 0.25) is 0 Å². The van der Waals surface area contributed by atoms with Gasteiger partial charge in [0.05, 0.1) is 12.0 Å². The predicted molar refractivity (Wildman–Crippen MR) is 110 cm³/mol. The standard InChI is InChI=1S/C19H22N6O6S/c26-16-14(5-23-32(28,29)30)31-19(17(16)27)25-10-22-15-13(20-9-21-18(15)25)8-24-6-11-3-1-2-4-12(11)7-24/h1-4,9-10,14,16-17,19,23,26-27H,5-8H2,(H,28,29,30)/t14-,16-,17-,19-/m1/s1. The Hall–Kier alpha value is -2.52. The van der Waals surface area contributed by atoms with Crippen molar-refractivity contribution in [3.05, 3.63) is 53.7 Å². The lowest BCUT2D eigenvalue weighted by molar-refractivity contribution is -0.0331. The SMILES string of the molecule is O=S(=O)(O)NC[C@H]1O[C@@H](n2cnc3c(CN4Cc5ccccc5C4)ncnc32)[C@H](O)[C@@H]1O. The van der Waals surface area contributed by atoms with Gasteiger partial charge in [0, 0.05) is 26.2 Å². The molecule has 3 aromatic rings. The number of nitrogens with zero attached hydrogens (tertiary/aromatic N) is 5. The molecule has 0 bridgehead atoms. The molecule has 4 atom stereocenters. The molecule has 0 amide bonds. The van der Waals surface area contributed by atoms with Crippen LogP contribution in [0.25, 0.3) is 11.2 Å². The second kappa shape index (κ2) is 8.12. The van der Waals surface area contributed by atoms with E-state index in [4.69, 9.17) is 9.29 Å². The minimum absolute atomic E-state index is 0.407. The number of imidazole rings is 1. The van der Waals surface area contributed by atoms with Gasteiger partial charge < -0.3 is 14.9 Å². The molecule has 1 aromatic carbocycles. The van der Waals surface area contributed by atoms with Crippen molar-refractivity contribution >= 4 is 21.5 Å². The van der Waals surface area contributed by atoms with E-state index in [0.717, 1.165) is 18.8 Å². The molecule has 1 fully saturated rings. The molecular formula is C19H22N6O6S. The van der Waals surface area contributed by atoms with Gasteiger partial charge in [-0.05, 0) is 11.1 Å². The number of nitrogens with one attached hydrogen (secondary N) is 1. The highest BCUT2D eigenvalue weighted by atomic mass is 32.2. The van der Waals surface area contributed by atoms with Crippen LogP contribution < -0.4 is 4.72 Å². The van der Waals surface area contributed by atoms with Crippen LogP contribution >= 0.6 is 0 Å². The van der Waals surface area contributed by atoms with Gasteiger partial charge in [0.25, 0.3) is 0 Å². The Morgan fingerprint density at radius 3 is 2.50 bits per heavy atom. The van der Waals surface area contributed by atoms with Crippen molar-refractivity contribution < 1.29 is 27.9 Å². The molecule has 2 aliphatic rings. The Labute approximate surface area is 183 Å². The van der Waals surface area contributed by atoms with Gasteiger partial charge in [-0.3, -0.25) is 14.0 Å². The molecule has 32 heavy (non-hydrogen) atoms. The quantitative estimate of drug-likeness (QED) is 0.346. The molecule has 5 rings (SSSR count). The van der Waals surface area contributed by atoms with Crippen LogP contribution in [-0.2, 0) is 34.7 Å². The molecular weight excluding hydrogens is 440 g/mol. The molecule has 170 valence electrons. The first-order valence-corrected chi connectivity index (χ1v) is 11.4. The van der Waals surface area contributed by atoms with Crippen molar-refractivity contribution in [2.24, 2.45) is 0 Å². The van der Waals surface area contributed by atoms with E-state index in [2.05, 4.69) is 32.0 Å². The van der Waals surface area contributed by atoms with Crippen molar-refractivity contribution in [2.75, 3.05) is 6.54 Å². The summed E-state index contributed by atoms with van der Waals surface area (Å²) in [6, 6.07) is 8.26. The van der Waals surface area contributed by atoms with Crippen LogP contribution in [0.5, 0.6) is 0 Å². The molecule has 2 aliphatic heterocycles. The molecule has 0 radical (unpaired) electrons. The van der Waals surface area contributed by atoms with Crippen LogP contribution in [-0.4, -0.2) is 72.5 Å². The third-order valence-corrected chi connectivity index (χ3v) is 6.32. The van der Waals surface area contributed by atoms with Crippen LogP contribution in [0.1, 0.15) is 23.0 Å². The van der Waals surface area contributed by atoms with E-state index in [1.807, 2.05) is 16.9 Å². The van der Waals surface area contributed by atoms with Crippen LogP contribution in [0.2, 0.25) is 0 Å². The third kappa shape index (κ3) is 3.99. The number of aliphatic hydroxyl groups excluding tert-OH is 2. The van der Waals surface area contributed by atoms with E-state index in [9.17, 15) is 18.6 Å². The van der Waals surface area contributed by atoms with E-state index >= 15 is 0 Å². The number of rotatable bonds is 6. The Morgan fingerprint density at radius 2 is 1.81 bits per heavy atom. The molecule has 4 heterocycles. The fraction of sp³-hybridized carbons (Fsp3) is 0.421. The Morgan fingerprint density at radius 1 is 1.09 bits per heavy atom. The zero-order valence-electron chi connectivity index (χ0n) is 16.8. The van der Waals surface area contributed by atoms with E-state index in [1.54, 1.807) is 0 Å². The summed E-state index contributed by atoms with van der Waals surface area (Å²) in [7, 11) is -4.46. The van der Waals surface area contributed by atoms with Crippen LogP contribution in [0.3, 0.4) is 0 Å². The highest BCUT2D eigenvalue weighted by molar-refractivity contribution is 7.83. The van der Waals surface area contributed by atoms with E-state index in [0.29, 0.717) is 17.7 Å². The average Bonchev–Trinajstić information content (AvgIpc) is 3.43. The first-order chi connectivity index (χ1) is 15.3. The topological polar surface area (TPSA) is 163 Å². The Bertz CT molecular complexity index is 1230. The van der Waals surface area contributed by atoms with Gasteiger partial charge in [-0.2, -0.15) is 13.1 Å². The molecule has 0 aliphatic carbocycles. The van der Waals surface area contributed by atoms with Crippen LogP contribution in [0.4, 0.5) is 0 Å². The smallest absolute Gasteiger partial charge is 0.333 e. The summed E-state index contributed by atoms with van der Waals surface area (Å²) in [5.74, 6) is 0. The molecule has 0 unspecified atom stereocenters. The highest BCUT2D eigenvalue weighted by Crippen LogP contribution is 2.32. The fourth-order valence-electron chi connectivity index (χ4n) is 4.24. The molecule has 0 spiro atoms. The highest BCUT2D eigenvalue weighted by Gasteiger charge is 2.44. The third-order valence-electron chi connectivity index (χ3n) is 5.79. The van der Waals surface area contributed by atoms with Crippen molar-refractivity contribution in [2.45, 2.75) is 44.2 Å². The van der Waals surface area contributed by atoms with Crippen molar-refractivity contribution in [3.63, 3.8) is 0 Å². The van der Waals surface area contributed by atoms with Gasteiger partial charge in [-0.1, -0.05) is 24.3 Å². The summed E-state index contributed by atoms with van der Waals surface area (Å²) in [5, 5.41) is 20.7. The molecule has 0 saturated carbocycles. The second-order valence-corrected chi connectivity index (χ2v) is 9.17. The summed E-state index contributed by atoms with van der Waals surface area (Å²) < 4.78 is 39.7. The second-order valence-electron chi connectivity index (χ2n) is 7.93. The van der Waals surface area contributed by atoms with Crippen LogP contribution in [0, 0.1) is 0 Å². The normalized spacial score (nSPS) is 26.1. The average molecular weight is 462 g/mol. The van der Waals surface area contributed by atoms with Crippen molar-refractivity contribution in [1.29, 1.82) is 0 Å². The lowest BCUT2D eigenvalue weighted by Gasteiger charge is -2.17. The maximum absolute atomic E-state index is 10.9. The van der Waals surface area contributed by atoms with Crippen molar-refractivity contribution in [1.82, 2.24) is 29.1 Å². The summed E-state index contributed by atoms with van der Waals surface area (Å²) >= 11 is 0. The Balaban J connectivity index is 1.36. The van der Waals surface area contributed by atoms with E-state index < -0.39 is 41.4 Å². The van der Waals surface area contributed by atoms with Gasteiger partial charge in [-0.25, -0.2) is 15.0 Å². The predicted octanol–water partition coefficient (Wildman–Crippen LogP) is -0.646. The maximum atomic E-state index is 10.9. The zero-order valence-corrected chi connectivity index (χ0v) is 17.6. The molecule has 1 saturated heterocycles. The number of ether oxygens (including phenoxy) is 1. The monoisotopic (exact) mass is 462 g/mol. The summed E-state index contributed by atoms with van der Waals surface area (Å²) in [5.41, 5.74) is 4.26. The first kappa shape index (κ1) is 21.3. The first-order valence-electron chi connectivity index (χ1n) is 9.99. The number of benzene rings is 1. The van der Waals surface area contributed by atoms with Crippen molar-refractivity contribution in [3.8, 4) is 0 Å². The van der Waals surface area contributed by atoms with Gasteiger partial charge in [-0.15, -0.1) is 0 Å². The van der Waals surface area contributed by atoms with E-state index in [1.165, 1.54) is 28.3 Å². The summed E-state index contributed by atoms with van der Waals surface area (Å²) in [6.45, 7) is 1.77. The molecule has 12 nitrogen and oxygen atoms in total. The number of hydrogen-bond donors (Lipinski definition) is 4. The summed E-state index contributed by atoms with van der Waals surface area (Å²) in [4.78, 5) is 15.3. The fourth-order valence-corrected chi connectivity index (χ4v) is 4.62. The number of aliphatic hydroxyl groups is 2. The minimum Gasteiger partial charge on any atom is -0.387 e. The molecule has 4 N–H and O–H groups in total. The number of hydrogen-bond acceptors (Lipinski definition) is 9. The molecule has 2 aromatic heterocycles. The number of fused-ring (bicyclic) bond motifs is 2. The largest absolute Gasteiger partial charge is 0.387 e. The van der Waals surface area contributed by atoms with Gasteiger partial charge in [0.15, 0.2) is 11.9 Å². The van der Waals surface area contributed by atoms with Crippen LogP contribution in [0.15, 0.2) is 36.9 Å². The minimum atomic E-state index is -4.46. The lowest BCUT2D eigenvalue weighted by Crippen LogP contribution is -2.39. The zero-order chi connectivity index (χ0) is 22.5. The number of aromatic nitrogens is 4. The van der Waals surface area contributed by atoms with Gasteiger partial charge >= 0.3 is 10.3 Å². The summed E-state index contributed by atoms with van der Waals surface area (Å²) in [6.07, 6.45) is -1.99. The van der Waals surface area contributed by atoms with Gasteiger partial charge in [0.1, 0.15) is 30.2 Å².